The van der Waals surface area contributed by atoms with Gasteiger partial charge < -0.3 is 9.73 Å². The Morgan fingerprint density at radius 3 is 2.83 bits per heavy atom. The first kappa shape index (κ1) is 15.9. The van der Waals surface area contributed by atoms with E-state index in [4.69, 9.17) is 4.42 Å². The van der Waals surface area contributed by atoms with Crippen LogP contribution in [-0.2, 0) is 17.8 Å². The van der Waals surface area contributed by atoms with E-state index in [1.807, 2.05) is 43.3 Å². The quantitative estimate of drug-likeness (QED) is 0.754. The van der Waals surface area contributed by atoms with Crippen molar-refractivity contribution in [2.24, 2.45) is 0 Å². The number of nitrogens with one attached hydrogen (secondary N) is 1. The predicted octanol–water partition coefficient (Wildman–Crippen LogP) is 2.69. The predicted molar refractivity (Wildman–Crippen MR) is 88.9 cm³/mol. The standard InChI is InChI=1S/C18H18N4O2/c1-13-5-2-3-7-15(13)18-22-21-17(24-18)9-8-16(23)20-12-14-6-4-10-19-11-14/h2-7,10-11H,8-9,12H2,1H3,(H,20,23). The molecular weight excluding hydrogens is 304 g/mol. The van der Waals surface area contributed by atoms with Crippen molar-refractivity contribution in [1.29, 1.82) is 0 Å². The molecule has 0 fully saturated rings. The lowest BCUT2D eigenvalue weighted by molar-refractivity contribution is -0.121. The summed E-state index contributed by atoms with van der Waals surface area (Å²) in [6.45, 7) is 2.45. The third-order valence-corrected chi connectivity index (χ3v) is 3.62. The van der Waals surface area contributed by atoms with Gasteiger partial charge in [-0.2, -0.15) is 0 Å². The summed E-state index contributed by atoms with van der Waals surface area (Å²) in [5, 5.41) is 10.9. The van der Waals surface area contributed by atoms with Gasteiger partial charge in [0.25, 0.3) is 0 Å². The highest BCUT2D eigenvalue weighted by Crippen LogP contribution is 2.21. The van der Waals surface area contributed by atoms with Gasteiger partial charge in [-0.3, -0.25) is 9.78 Å². The first-order valence-electron chi connectivity index (χ1n) is 7.76. The summed E-state index contributed by atoms with van der Waals surface area (Å²) in [6, 6.07) is 11.6. The fourth-order valence-electron chi connectivity index (χ4n) is 2.29. The van der Waals surface area contributed by atoms with Gasteiger partial charge in [-0.1, -0.05) is 24.3 Å². The molecule has 6 nitrogen and oxygen atoms in total. The fourth-order valence-corrected chi connectivity index (χ4v) is 2.29. The summed E-state index contributed by atoms with van der Waals surface area (Å²) in [6.07, 6.45) is 4.15. The molecule has 1 aromatic carbocycles. The maximum Gasteiger partial charge on any atom is 0.247 e. The number of benzene rings is 1. The second-order valence-electron chi connectivity index (χ2n) is 5.45. The lowest BCUT2D eigenvalue weighted by Gasteiger charge is -2.03. The van der Waals surface area contributed by atoms with Crippen molar-refractivity contribution in [3.05, 3.63) is 65.8 Å². The molecule has 1 N–H and O–H groups in total. The van der Waals surface area contributed by atoms with Gasteiger partial charge in [0.15, 0.2) is 0 Å². The Morgan fingerprint density at radius 2 is 2.04 bits per heavy atom. The van der Waals surface area contributed by atoms with Gasteiger partial charge >= 0.3 is 0 Å². The van der Waals surface area contributed by atoms with Crippen LogP contribution in [-0.4, -0.2) is 21.1 Å². The van der Waals surface area contributed by atoms with Crippen molar-refractivity contribution < 1.29 is 9.21 Å². The third-order valence-electron chi connectivity index (χ3n) is 3.62. The zero-order chi connectivity index (χ0) is 16.8. The van der Waals surface area contributed by atoms with E-state index in [1.165, 1.54) is 0 Å². The normalized spacial score (nSPS) is 10.5. The Balaban J connectivity index is 1.52. The Kier molecular flexibility index (Phi) is 4.96. The number of aryl methyl sites for hydroxylation is 2. The third kappa shape index (κ3) is 4.04. The maximum absolute atomic E-state index is 11.9. The van der Waals surface area contributed by atoms with Gasteiger partial charge in [0, 0.05) is 37.3 Å². The molecule has 0 aliphatic rings. The topological polar surface area (TPSA) is 80.9 Å². The van der Waals surface area contributed by atoms with Crippen LogP contribution in [0.5, 0.6) is 0 Å². The number of rotatable bonds is 6. The van der Waals surface area contributed by atoms with E-state index in [-0.39, 0.29) is 5.91 Å². The Labute approximate surface area is 140 Å². The molecule has 2 heterocycles. The van der Waals surface area contributed by atoms with Crippen LogP contribution < -0.4 is 5.32 Å². The first-order valence-corrected chi connectivity index (χ1v) is 7.76. The number of hydrogen-bond acceptors (Lipinski definition) is 5. The second-order valence-corrected chi connectivity index (χ2v) is 5.45. The highest BCUT2D eigenvalue weighted by Gasteiger charge is 2.11. The monoisotopic (exact) mass is 322 g/mol. The number of carbonyl (C=O) groups is 1. The lowest BCUT2D eigenvalue weighted by atomic mass is 10.1. The average Bonchev–Trinajstić information content (AvgIpc) is 3.08. The average molecular weight is 322 g/mol. The molecular formula is C18H18N4O2. The Hall–Kier alpha value is -3.02. The maximum atomic E-state index is 11.9. The van der Waals surface area contributed by atoms with Crippen molar-refractivity contribution >= 4 is 5.91 Å². The molecule has 0 aliphatic carbocycles. The van der Waals surface area contributed by atoms with Gasteiger partial charge in [-0.25, -0.2) is 0 Å². The van der Waals surface area contributed by atoms with Crippen LogP contribution in [0.4, 0.5) is 0 Å². The molecule has 0 spiro atoms. The molecule has 0 atom stereocenters. The zero-order valence-corrected chi connectivity index (χ0v) is 13.4. The van der Waals surface area contributed by atoms with Crippen LogP contribution in [0.15, 0.2) is 53.2 Å². The number of carbonyl (C=O) groups excluding carboxylic acids is 1. The summed E-state index contributed by atoms with van der Waals surface area (Å²) in [5.41, 5.74) is 2.95. The molecule has 6 heteroatoms. The smallest absolute Gasteiger partial charge is 0.247 e. The summed E-state index contributed by atoms with van der Waals surface area (Å²) in [7, 11) is 0. The minimum Gasteiger partial charge on any atom is -0.421 e. The van der Waals surface area contributed by atoms with E-state index >= 15 is 0 Å². The summed E-state index contributed by atoms with van der Waals surface area (Å²) in [4.78, 5) is 15.9. The van der Waals surface area contributed by atoms with Gasteiger partial charge in [-0.15, -0.1) is 10.2 Å². The molecule has 0 saturated heterocycles. The van der Waals surface area contributed by atoms with Crippen molar-refractivity contribution in [2.75, 3.05) is 0 Å². The van der Waals surface area contributed by atoms with Crippen LogP contribution in [0.1, 0.15) is 23.4 Å². The highest BCUT2D eigenvalue weighted by molar-refractivity contribution is 5.76. The summed E-state index contributed by atoms with van der Waals surface area (Å²) >= 11 is 0. The van der Waals surface area contributed by atoms with Crippen LogP contribution >= 0.6 is 0 Å². The van der Waals surface area contributed by atoms with Crippen molar-refractivity contribution in [2.45, 2.75) is 26.3 Å². The molecule has 0 aliphatic heterocycles. The van der Waals surface area contributed by atoms with Crippen LogP contribution in [0.2, 0.25) is 0 Å². The number of hydrogen-bond donors (Lipinski definition) is 1. The van der Waals surface area contributed by atoms with E-state index in [1.54, 1.807) is 12.4 Å². The zero-order valence-electron chi connectivity index (χ0n) is 13.4. The van der Waals surface area contributed by atoms with Gasteiger partial charge in [0.1, 0.15) is 0 Å². The molecule has 1 amide bonds. The van der Waals surface area contributed by atoms with E-state index in [0.29, 0.717) is 31.2 Å². The fraction of sp³-hybridized carbons (Fsp3) is 0.222. The molecule has 0 unspecified atom stereocenters. The van der Waals surface area contributed by atoms with Gasteiger partial charge in [0.2, 0.25) is 17.7 Å². The SMILES string of the molecule is Cc1ccccc1-c1nnc(CCC(=O)NCc2cccnc2)o1. The molecule has 24 heavy (non-hydrogen) atoms. The number of aromatic nitrogens is 3. The van der Waals surface area contributed by atoms with E-state index in [9.17, 15) is 4.79 Å². The van der Waals surface area contributed by atoms with Crippen LogP contribution in [0.3, 0.4) is 0 Å². The molecule has 0 radical (unpaired) electrons. The van der Waals surface area contributed by atoms with E-state index < -0.39 is 0 Å². The minimum atomic E-state index is -0.0607. The highest BCUT2D eigenvalue weighted by atomic mass is 16.4. The summed E-state index contributed by atoms with van der Waals surface area (Å²) in [5.74, 6) is 0.887. The first-order chi connectivity index (χ1) is 11.7. The molecule has 2 aromatic heterocycles. The lowest BCUT2D eigenvalue weighted by Crippen LogP contribution is -2.23. The van der Waals surface area contributed by atoms with Crippen LogP contribution in [0.25, 0.3) is 11.5 Å². The van der Waals surface area contributed by atoms with Crippen molar-refractivity contribution in [3.63, 3.8) is 0 Å². The van der Waals surface area contributed by atoms with Gasteiger partial charge in [-0.05, 0) is 30.2 Å². The molecule has 0 saturated carbocycles. The van der Waals surface area contributed by atoms with E-state index in [0.717, 1.165) is 16.7 Å². The number of pyridine rings is 1. The van der Waals surface area contributed by atoms with Crippen molar-refractivity contribution in [3.8, 4) is 11.5 Å². The number of amides is 1. The van der Waals surface area contributed by atoms with E-state index in [2.05, 4.69) is 20.5 Å². The summed E-state index contributed by atoms with van der Waals surface area (Å²) < 4.78 is 5.65. The Morgan fingerprint density at radius 1 is 1.17 bits per heavy atom. The molecule has 0 bridgehead atoms. The van der Waals surface area contributed by atoms with Crippen molar-refractivity contribution in [1.82, 2.24) is 20.5 Å². The Bertz CT molecular complexity index is 815. The van der Waals surface area contributed by atoms with Gasteiger partial charge in [0.05, 0.1) is 0 Å². The minimum absolute atomic E-state index is 0.0607. The molecule has 3 rings (SSSR count). The van der Waals surface area contributed by atoms with Crippen LogP contribution in [0, 0.1) is 6.92 Å². The molecule has 122 valence electrons. The number of nitrogens with zero attached hydrogens (tertiary/aromatic N) is 3. The molecule has 3 aromatic rings. The second kappa shape index (κ2) is 7.50. The largest absolute Gasteiger partial charge is 0.421 e.